The molecule has 4 aliphatic rings. The lowest BCUT2D eigenvalue weighted by atomic mass is 9.46. The standard InChI is InChI=1S/C16H22/c1-15(12-7-3-2-4-8-12)13-9-5-6-10-16(13)11-14(15)16/h2-3,6,10,12-14H,4-5,7-9,11H2,1H3. The van der Waals surface area contributed by atoms with E-state index in [9.17, 15) is 0 Å². The van der Waals surface area contributed by atoms with E-state index in [1.165, 1.54) is 38.5 Å². The molecule has 16 heavy (non-hydrogen) atoms. The molecule has 2 saturated carbocycles. The van der Waals surface area contributed by atoms with Crippen LogP contribution >= 0.6 is 0 Å². The molecule has 0 aromatic carbocycles. The Morgan fingerprint density at radius 3 is 2.69 bits per heavy atom. The van der Waals surface area contributed by atoms with Gasteiger partial charge < -0.3 is 0 Å². The number of rotatable bonds is 1. The molecule has 0 bridgehead atoms. The zero-order chi connectivity index (χ0) is 10.8. The van der Waals surface area contributed by atoms with Crippen LogP contribution in [0.15, 0.2) is 24.3 Å². The summed E-state index contributed by atoms with van der Waals surface area (Å²) in [6.45, 7) is 2.62. The van der Waals surface area contributed by atoms with Crippen molar-refractivity contribution < 1.29 is 0 Å². The Morgan fingerprint density at radius 2 is 1.88 bits per heavy atom. The third kappa shape index (κ3) is 0.893. The van der Waals surface area contributed by atoms with E-state index >= 15 is 0 Å². The molecule has 0 aliphatic heterocycles. The lowest BCUT2D eigenvalue weighted by Gasteiger charge is -2.58. The first-order valence-electron chi connectivity index (χ1n) is 7.11. The molecule has 0 nitrogen and oxygen atoms in total. The summed E-state index contributed by atoms with van der Waals surface area (Å²) in [5, 5.41) is 0. The second-order valence-electron chi connectivity index (χ2n) is 6.75. The SMILES string of the molecule is CC1(C2CC=CCC2)C2CCC=CC23CC31. The highest BCUT2D eigenvalue weighted by atomic mass is 14.8. The van der Waals surface area contributed by atoms with Gasteiger partial charge in [-0.3, -0.25) is 0 Å². The second-order valence-corrected chi connectivity index (χ2v) is 6.75. The normalized spacial score (nSPS) is 57.4. The fourth-order valence-electron chi connectivity index (χ4n) is 5.58. The minimum Gasteiger partial charge on any atom is -0.0885 e. The first kappa shape index (κ1) is 9.50. The van der Waals surface area contributed by atoms with Crippen LogP contribution in [0.5, 0.6) is 0 Å². The van der Waals surface area contributed by atoms with Gasteiger partial charge in [-0.15, -0.1) is 0 Å². The topological polar surface area (TPSA) is 0 Å². The molecule has 0 heterocycles. The van der Waals surface area contributed by atoms with Gasteiger partial charge >= 0.3 is 0 Å². The Bertz CT molecular complexity index is 377. The van der Waals surface area contributed by atoms with E-state index in [0.717, 1.165) is 17.8 Å². The van der Waals surface area contributed by atoms with Crippen LogP contribution in [0.3, 0.4) is 0 Å². The lowest BCUT2D eigenvalue weighted by molar-refractivity contribution is -0.0746. The van der Waals surface area contributed by atoms with Gasteiger partial charge in [-0.25, -0.2) is 0 Å². The first-order valence-corrected chi connectivity index (χ1v) is 7.11. The zero-order valence-electron chi connectivity index (χ0n) is 10.3. The molecular formula is C16H22. The van der Waals surface area contributed by atoms with Crippen LogP contribution in [-0.4, -0.2) is 0 Å². The van der Waals surface area contributed by atoms with Crippen LogP contribution in [0, 0.1) is 28.6 Å². The Balaban J connectivity index is 1.64. The molecule has 0 radical (unpaired) electrons. The third-order valence-electron chi connectivity index (χ3n) is 6.40. The van der Waals surface area contributed by atoms with Crippen molar-refractivity contribution >= 4 is 0 Å². The van der Waals surface area contributed by atoms with Crippen molar-refractivity contribution in [2.75, 3.05) is 0 Å². The largest absolute Gasteiger partial charge is 0.0885 e. The summed E-state index contributed by atoms with van der Waals surface area (Å²) in [6.07, 6.45) is 18.4. The molecule has 4 aliphatic carbocycles. The maximum atomic E-state index is 2.62. The van der Waals surface area contributed by atoms with Crippen molar-refractivity contribution in [1.29, 1.82) is 0 Å². The Labute approximate surface area is 98.8 Å². The van der Waals surface area contributed by atoms with Gasteiger partial charge in [-0.05, 0) is 67.1 Å². The average molecular weight is 214 g/mol. The first-order chi connectivity index (χ1) is 7.78. The minimum atomic E-state index is 0.704. The monoisotopic (exact) mass is 214 g/mol. The van der Waals surface area contributed by atoms with E-state index in [4.69, 9.17) is 0 Å². The summed E-state index contributed by atoms with van der Waals surface area (Å²) >= 11 is 0. The van der Waals surface area contributed by atoms with Gasteiger partial charge in [0.25, 0.3) is 0 Å². The fraction of sp³-hybridized carbons (Fsp3) is 0.750. The van der Waals surface area contributed by atoms with E-state index in [0.29, 0.717) is 10.8 Å². The van der Waals surface area contributed by atoms with E-state index in [1.807, 2.05) is 0 Å². The molecular weight excluding hydrogens is 192 g/mol. The van der Waals surface area contributed by atoms with E-state index in [1.54, 1.807) is 0 Å². The quantitative estimate of drug-likeness (QED) is 0.570. The summed E-state index contributed by atoms with van der Waals surface area (Å²) < 4.78 is 0. The van der Waals surface area contributed by atoms with Gasteiger partial charge in [0.15, 0.2) is 0 Å². The van der Waals surface area contributed by atoms with Crippen LogP contribution in [0.25, 0.3) is 0 Å². The molecule has 2 fully saturated rings. The molecule has 5 unspecified atom stereocenters. The van der Waals surface area contributed by atoms with Crippen molar-refractivity contribution in [1.82, 2.24) is 0 Å². The van der Waals surface area contributed by atoms with Gasteiger partial charge in [-0.2, -0.15) is 0 Å². The highest BCUT2D eigenvalue weighted by molar-refractivity contribution is 5.35. The molecule has 0 saturated heterocycles. The molecule has 0 amide bonds. The number of hydrogen-bond acceptors (Lipinski definition) is 0. The second kappa shape index (κ2) is 2.83. The summed E-state index contributed by atoms with van der Waals surface area (Å²) in [7, 11) is 0. The summed E-state index contributed by atoms with van der Waals surface area (Å²) in [4.78, 5) is 0. The van der Waals surface area contributed by atoms with Gasteiger partial charge in [0.05, 0.1) is 0 Å². The van der Waals surface area contributed by atoms with Crippen LogP contribution in [0.4, 0.5) is 0 Å². The van der Waals surface area contributed by atoms with Crippen LogP contribution in [0.2, 0.25) is 0 Å². The summed E-state index contributed by atoms with van der Waals surface area (Å²) in [5.41, 5.74) is 1.42. The van der Waals surface area contributed by atoms with Crippen molar-refractivity contribution in [3.63, 3.8) is 0 Å². The lowest BCUT2D eigenvalue weighted by Crippen LogP contribution is -2.52. The smallest absolute Gasteiger partial charge is 0.00474 e. The molecule has 4 rings (SSSR count). The van der Waals surface area contributed by atoms with Crippen LogP contribution in [-0.2, 0) is 0 Å². The fourth-order valence-corrected chi connectivity index (χ4v) is 5.58. The Hall–Kier alpha value is -0.520. The molecule has 0 aromatic rings. The van der Waals surface area contributed by atoms with Gasteiger partial charge in [0.2, 0.25) is 0 Å². The highest BCUT2D eigenvalue weighted by Crippen LogP contribution is 2.84. The van der Waals surface area contributed by atoms with Gasteiger partial charge in [0.1, 0.15) is 0 Å². The van der Waals surface area contributed by atoms with Gasteiger partial charge in [0, 0.05) is 0 Å². The van der Waals surface area contributed by atoms with Crippen molar-refractivity contribution in [2.45, 2.75) is 45.4 Å². The van der Waals surface area contributed by atoms with Crippen molar-refractivity contribution in [3.05, 3.63) is 24.3 Å². The third-order valence-corrected chi connectivity index (χ3v) is 6.40. The molecule has 1 spiro atoms. The molecule has 0 N–H and O–H groups in total. The highest BCUT2D eigenvalue weighted by Gasteiger charge is 2.78. The van der Waals surface area contributed by atoms with Crippen molar-refractivity contribution in [2.24, 2.45) is 28.6 Å². The van der Waals surface area contributed by atoms with Crippen molar-refractivity contribution in [3.8, 4) is 0 Å². The van der Waals surface area contributed by atoms with E-state index in [-0.39, 0.29) is 0 Å². The number of hydrogen-bond donors (Lipinski definition) is 0. The minimum absolute atomic E-state index is 0.704. The predicted octanol–water partition coefficient (Wildman–Crippen LogP) is 4.34. The van der Waals surface area contributed by atoms with Crippen LogP contribution in [0.1, 0.15) is 45.4 Å². The Kier molecular flexibility index (Phi) is 1.68. The predicted molar refractivity (Wildman–Crippen MR) is 67.0 cm³/mol. The zero-order valence-corrected chi connectivity index (χ0v) is 10.3. The maximum Gasteiger partial charge on any atom is -0.00474 e. The van der Waals surface area contributed by atoms with E-state index in [2.05, 4.69) is 31.2 Å². The molecule has 86 valence electrons. The average Bonchev–Trinajstić information content (AvgIpc) is 2.98. The van der Waals surface area contributed by atoms with Crippen LogP contribution < -0.4 is 0 Å². The molecule has 0 aromatic heterocycles. The molecule has 5 atom stereocenters. The number of allylic oxidation sites excluding steroid dienone is 4. The summed E-state index contributed by atoms with van der Waals surface area (Å²) in [6, 6.07) is 0. The maximum absolute atomic E-state index is 2.62. The molecule has 0 heteroatoms. The summed E-state index contributed by atoms with van der Waals surface area (Å²) in [5.74, 6) is 3.08. The van der Waals surface area contributed by atoms with E-state index < -0.39 is 0 Å². The Morgan fingerprint density at radius 1 is 1.00 bits per heavy atom. The van der Waals surface area contributed by atoms with Gasteiger partial charge in [-0.1, -0.05) is 31.2 Å².